The number of methoxy groups -OCH3 is 1. The van der Waals surface area contributed by atoms with Crippen molar-refractivity contribution in [1.29, 1.82) is 0 Å². The van der Waals surface area contributed by atoms with Gasteiger partial charge in [0.15, 0.2) is 4.80 Å². The van der Waals surface area contributed by atoms with Crippen LogP contribution in [0, 0.1) is 0 Å². The van der Waals surface area contributed by atoms with E-state index in [-0.39, 0.29) is 5.91 Å². The number of amides is 1. The van der Waals surface area contributed by atoms with Gasteiger partial charge in [-0.1, -0.05) is 47.7 Å². The lowest BCUT2D eigenvalue weighted by Gasteiger charge is -2.05. The van der Waals surface area contributed by atoms with E-state index in [1.165, 1.54) is 22.1 Å². The number of fused-ring (bicyclic) bond motifs is 3. The summed E-state index contributed by atoms with van der Waals surface area (Å²) in [5, 5.41) is 4.26. The average Bonchev–Trinajstić information content (AvgIpc) is 3.28. The molecule has 2 aromatic heterocycles. The summed E-state index contributed by atoms with van der Waals surface area (Å²) >= 11 is 2.96. The number of aromatic nitrogens is 1. The van der Waals surface area contributed by atoms with E-state index < -0.39 is 0 Å². The maximum atomic E-state index is 12.4. The molecule has 126 valence electrons. The van der Waals surface area contributed by atoms with Crippen molar-refractivity contribution in [3.05, 3.63) is 63.6 Å². The number of nitrogens with zero attached hydrogens (tertiary/aromatic N) is 2. The van der Waals surface area contributed by atoms with Crippen LogP contribution in [-0.4, -0.2) is 24.2 Å². The molecule has 4 nitrogen and oxygen atoms in total. The molecule has 4 aromatic rings. The molecule has 0 unspecified atom stereocenters. The van der Waals surface area contributed by atoms with Crippen LogP contribution in [0.3, 0.4) is 0 Å². The summed E-state index contributed by atoms with van der Waals surface area (Å²) in [5.74, 6) is -0.197. The molecule has 0 saturated heterocycles. The van der Waals surface area contributed by atoms with Gasteiger partial charge in [0.05, 0.1) is 21.7 Å². The van der Waals surface area contributed by atoms with E-state index >= 15 is 0 Å². The van der Waals surface area contributed by atoms with E-state index in [0.29, 0.717) is 22.8 Å². The van der Waals surface area contributed by atoms with Gasteiger partial charge in [0, 0.05) is 19.0 Å². The third kappa shape index (κ3) is 3.04. The van der Waals surface area contributed by atoms with Gasteiger partial charge in [-0.2, -0.15) is 4.99 Å². The van der Waals surface area contributed by atoms with Gasteiger partial charge in [0.25, 0.3) is 5.91 Å². The predicted octanol–water partition coefficient (Wildman–Crippen LogP) is 4.31. The topological polar surface area (TPSA) is 43.6 Å². The van der Waals surface area contributed by atoms with Gasteiger partial charge < -0.3 is 9.30 Å². The zero-order valence-corrected chi connectivity index (χ0v) is 15.3. The molecular formula is C19H16N2O2S2. The van der Waals surface area contributed by atoms with Crippen LogP contribution in [0.2, 0.25) is 0 Å². The maximum absolute atomic E-state index is 12.4. The summed E-state index contributed by atoms with van der Waals surface area (Å²) in [4.78, 5) is 18.2. The van der Waals surface area contributed by atoms with E-state index in [1.807, 2.05) is 23.6 Å². The first kappa shape index (κ1) is 16.2. The molecule has 0 aliphatic rings. The highest BCUT2D eigenvalue weighted by atomic mass is 32.1. The first-order valence-corrected chi connectivity index (χ1v) is 9.60. The number of thiophene rings is 1. The smallest absolute Gasteiger partial charge is 0.289 e. The zero-order chi connectivity index (χ0) is 17.2. The number of benzene rings is 2. The van der Waals surface area contributed by atoms with E-state index in [4.69, 9.17) is 4.74 Å². The number of carbonyl (C=O) groups excluding carboxylic acids is 1. The van der Waals surface area contributed by atoms with Crippen LogP contribution in [0.25, 0.3) is 21.0 Å². The standard InChI is InChI=1S/C19H16N2O2S2/c1-23-11-10-21-15-9-8-13-5-2-3-6-14(13)17(15)25-19(21)20-18(22)16-7-4-12-24-16/h2-9,12H,10-11H2,1H3. The Kier molecular flexibility index (Phi) is 4.48. The molecule has 6 heteroatoms. The van der Waals surface area contributed by atoms with Crippen LogP contribution in [0.5, 0.6) is 0 Å². The number of hydrogen-bond donors (Lipinski definition) is 0. The second-order valence-corrected chi connectivity index (χ2v) is 7.48. The Hall–Kier alpha value is -2.28. The van der Waals surface area contributed by atoms with E-state index in [9.17, 15) is 4.79 Å². The lowest BCUT2D eigenvalue weighted by atomic mass is 10.1. The number of ether oxygens (including phenoxy) is 1. The molecule has 0 bridgehead atoms. The summed E-state index contributed by atoms with van der Waals surface area (Å²) in [6.45, 7) is 1.23. The quantitative estimate of drug-likeness (QED) is 0.539. The molecule has 0 spiro atoms. The number of rotatable bonds is 4. The largest absolute Gasteiger partial charge is 0.383 e. The predicted molar refractivity (Wildman–Crippen MR) is 103 cm³/mol. The van der Waals surface area contributed by atoms with Gasteiger partial charge in [0.1, 0.15) is 0 Å². The van der Waals surface area contributed by atoms with Crippen molar-refractivity contribution in [3.8, 4) is 0 Å². The summed E-state index contributed by atoms with van der Waals surface area (Å²) in [5.41, 5.74) is 1.08. The van der Waals surface area contributed by atoms with Gasteiger partial charge in [0.2, 0.25) is 0 Å². The molecular weight excluding hydrogens is 352 g/mol. The van der Waals surface area contributed by atoms with Crippen LogP contribution in [0.15, 0.2) is 58.9 Å². The minimum atomic E-state index is -0.197. The molecule has 1 amide bonds. The fraction of sp³-hybridized carbons (Fsp3) is 0.158. The summed E-state index contributed by atoms with van der Waals surface area (Å²) in [7, 11) is 1.68. The van der Waals surface area contributed by atoms with E-state index in [1.54, 1.807) is 24.5 Å². The molecule has 2 aromatic carbocycles. The van der Waals surface area contributed by atoms with Crippen molar-refractivity contribution in [2.24, 2.45) is 4.99 Å². The Bertz CT molecular complexity index is 1110. The highest BCUT2D eigenvalue weighted by Crippen LogP contribution is 2.27. The normalized spacial score (nSPS) is 12.3. The van der Waals surface area contributed by atoms with Gasteiger partial charge in [-0.25, -0.2) is 0 Å². The molecule has 0 fully saturated rings. The molecule has 25 heavy (non-hydrogen) atoms. The Morgan fingerprint density at radius 1 is 1.16 bits per heavy atom. The van der Waals surface area contributed by atoms with Crippen molar-refractivity contribution >= 4 is 49.6 Å². The lowest BCUT2D eigenvalue weighted by molar-refractivity contribution is 0.100. The van der Waals surface area contributed by atoms with Gasteiger partial charge in [-0.15, -0.1) is 11.3 Å². The Balaban J connectivity index is 1.95. The monoisotopic (exact) mass is 368 g/mol. The highest BCUT2D eigenvalue weighted by Gasteiger charge is 2.11. The van der Waals surface area contributed by atoms with E-state index in [0.717, 1.165) is 10.2 Å². The fourth-order valence-corrected chi connectivity index (χ4v) is 4.62. The molecule has 0 N–H and O–H groups in total. The summed E-state index contributed by atoms with van der Waals surface area (Å²) in [6, 6.07) is 16.2. The minimum absolute atomic E-state index is 0.197. The lowest BCUT2D eigenvalue weighted by Crippen LogP contribution is -2.19. The Morgan fingerprint density at radius 2 is 2.04 bits per heavy atom. The van der Waals surface area contributed by atoms with Gasteiger partial charge in [-0.3, -0.25) is 4.79 Å². The van der Waals surface area contributed by atoms with Crippen molar-refractivity contribution < 1.29 is 9.53 Å². The molecule has 2 heterocycles. The first-order chi connectivity index (χ1) is 12.3. The highest BCUT2D eigenvalue weighted by molar-refractivity contribution is 7.17. The first-order valence-electron chi connectivity index (χ1n) is 7.90. The average molecular weight is 368 g/mol. The fourth-order valence-electron chi connectivity index (χ4n) is 2.82. The molecule has 4 rings (SSSR count). The van der Waals surface area contributed by atoms with Crippen molar-refractivity contribution in [2.45, 2.75) is 6.54 Å². The maximum Gasteiger partial charge on any atom is 0.289 e. The Morgan fingerprint density at radius 3 is 2.84 bits per heavy atom. The van der Waals surface area contributed by atoms with Crippen LogP contribution in [-0.2, 0) is 11.3 Å². The van der Waals surface area contributed by atoms with E-state index in [2.05, 4.69) is 33.8 Å². The third-order valence-corrected chi connectivity index (χ3v) is 6.01. The number of thiazole rings is 1. The second-order valence-electron chi connectivity index (χ2n) is 5.56. The summed E-state index contributed by atoms with van der Waals surface area (Å²) in [6.07, 6.45) is 0. The minimum Gasteiger partial charge on any atom is -0.383 e. The molecule has 0 atom stereocenters. The van der Waals surface area contributed by atoms with Crippen molar-refractivity contribution in [2.75, 3.05) is 13.7 Å². The van der Waals surface area contributed by atoms with Crippen LogP contribution >= 0.6 is 22.7 Å². The molecule has 0 radical (unpaired) electrons. The SMILES string of the molecule is COCCn1c(=NC(=O)c2cccs2)sc2c3ccccc3ccc21. The molecule has 0 aliphatic heterocycles. The van der Waals surface area contributed by atoms with Gasteiger partial charge in [-0.05, 0) is 22.9 Å². The number of hydrogen-bond acceptors (Lipinski definition) is 4. The van der Waals surface area contributed by atoms with Crippen LogP contribution < -0.4 is 4.80 Å². The summed E-state index contributed by atoms with van der Waals surface area (Å²) < 4.78 is 8.46. The third-order valence-electron chi connectivity index (χ3n) is 4.02. The van der Waals surface area contributed by atoms with Crippen molar-refractivity contribution in [1.82, 2.24) is 4.57 Å². The van der Waals surface area contributed by atoms with Crippen LogP contribution in [0.4, 0.5) is 0 Å². The molecule has 0 aliphatic carbocycles. The van der Waals surface area contributed by atoms with Crippen molar-refractivity contribution in [3.63, 3.8) is 0 Å². The van der Waals surface area contributed by atoms with Crippen LogP contribution in [0.1, 0.15) is 9.67 Å². The zero-order valence-electron chi connectivity index (χ0n) is 13.6. The second kappa shape index (κ2) is 6.92. The number of carbonyl (C=O) groups is 1. The van der Waals surface area contributed by atoms with Gasteiger partial charge >= 0.3 is 0 Å². The Labute approximate surface area is 152 Å². The molecule has 0 saturated carbocycles.